The van der Waals surface area contributed by atoms with Crippen molar-refractivity contribution >= 4 is 0 Å². The Labute approximate surface area is 106 Å². The van der Waals surface area contributed by atoms with Gasteiger partial charge in [-0.05, 0) is 43.4 Å². The molecule has 0 saturated carbocycles. The lowest BCUT2D eigenvalue weighted by Gasteiger charge is -2.33. The van der Waals surface area contributed by atoms with E-state index in [4.69, 9.17) is 0 Å². The van der Waals surface area contributed by atoms with E-state index >= 15 is 0 Å². The van der Waals surface area contributed by atoms with E-state index in [1.54, 1.807) is 0 Å². The fraction of sp³-hybridized carbons (Fsp3) is 0.625. The Morgan fingerprint density at radius 1 is 1.18 bits per heavy atom. The highest BCUT2D eigenvalue weighted by molar-refractivity contribution is 5.24. The Morgan fingerprint density at radius 2 is 1.88 bits per heavy atom. The fourth-order valence-corrected chi connectivity index (χ4v) is 2.63. The third kappa shape index (κ3) is 3.32. The highest BCUT2D eigenvalue weighted by Gasteiger charge is 2.17. The zero-order valence-corrected chi connectivity index (χ0v) is 11.4. The van der Waals surface area contributed by atoms with Crippen molar-refractivity contribution < 1.29 is 0 Å². The third-order valence-corrected chi connectivity index (χ3v) is 3.97. The smallest absolute Gasteiger partial charge is 0.0236 e. The summed E-state index contributed by atoms with van der Waals surface area (Å²) in [5, 5.41) is 0. The van der Waals surface area contributed by atoms with Gasteiger partial charge in [0, 0.05) is 12.6 Å². The predicted octanol–water partition coefficient (Wildman–Crippen LogP) is 4.18. The van der Waals surface area contributed by atoms with Crippen LogP contribution in [0, 0.1) is 0 Å². The molecule has 1 heterocycles. The Bertz CT molecular complexity index is 339. The quantitative estimate of drug-likeness (QED) is 0.754. The van der Waals surface area contributed by atoms with E-state index in [0.717, 1.165) is 12.6 Å². The molecule has 1 aliphatic heterocycles. The van der Waals surface area contributed by atoms with E-state index in [1.165, 1.54) is 36.9 Å². The molecule has 17 heavy (non-hydrogen) atoms. The molecule has 94 valence electrons. The zero-order chi connectivity index (χ0) is 12.3. The highest BCUT2D eigenvalue weighted by atomic mass is 15.2. The van der Waals surface area contributed by atoms with Gasteiger partial charge in [0.1, 0.15) is 0 Å². The average Bonchev–Trinajstić information content (AvgIpc) is 2.33. The number of rotatable bonds is 3. The molecule has 1 unspecified atom stereocenters. The van der Waals surface area contributed by atoms with Crippen LogP contribution in [0.3, 0.4) is 0 Å². The molecule has 1 aromatic rings. The lowest BCUT2D eigenvalue weighted by molar-refractivity contribution is 0.152. The van der Waals surface area contributed by atoms with Crippen LogP contribution in [0.2, 0.25) is 0 Å². The van der Waals surface area contributed by atoms with Gasteiger partial charge in [-0.1, -0.05) is 44.5 Å². The molecule has 0 bridgehead atoms. The third-order valence-electron chi connectivity index (χ3n) is 3.97. The maximum Gasteiger partial charge on any atom is 0.0236 e. The summed E-state index contributed by atoms with van der Waals surface area (Å²) in [5.74, 6) is 0.637. The number of hydrogen-bond acceptors (Lipinski definition) is 1. The predicted molar refractivity (Wildman–Crippen MR) is 74.3 cm³/mol. The molecule has 0 radical (unpaired) electrons. The minimum absolute atomic E-state index is 0.637. The molecule has 0 spiro atoms. The van der Waals surface area contributed by atoms with Gasteiger partial charge in [0.15, 0.2) is 0 Å². The van der Waals surface area contributed by atoms with Gasteiger partial charge in [-0.15, -0.1) is 0 Å². The standard InChI is InChI=1S/C16H25N/c1-13(2)16-9-7-15(8-10-16)12-17-11-5-4-6-14(17)3/h7-10,13-14H,4-6,11-12H2,1-3H3. The molecule has 1 fully saturated rings. The Hall–Kier alpha value is -0.820. The summed E-state index contributed by atoms with van der Waals surface area (Å²) >= 11 is 0. The Morgan fingerprint density at radius 3 is 2.47 bits per heavy atom. The molecule has 0 amide bonds. The molecule has 1 aromatic carbocycles. The van der Waals surface area contributed by atoms with Gasteiger partial charge in [0.25, 0.3) is 0 Å². The summed E-state index contributed by atoms with van der Waals surface area (Å²) in [6, 6.07) is 9.94. The lowest BCUT2D eigenvalue weighted by Crippen LogP contribution is -2.36. The van der Waals surface area contributed by atoms with Crippen LogP contribution < -0.4 is 0 Å². The summed E-state index contributed by atoms with van der Waals surface area (Å²) in [7, 11) is 0. The second kappa shape index (κ2) is 5.68. The largest absolute Gasteiger partial charge is 0.296 e. The second-order valence-electron chi connectivity index (χ2n) is 5.71. The number of likely N-dealkylation sites (tertiary alicyclic amines) is 1. The van der Waals surface area contributed by atoms with Crippen LogP contribution in [0.1, 0.15) is 57.1 Å². The van der Waals surface area contributed by atoms with Gasteiger partial charge in [-0.2, -0.15) is 0 Å². The molecule has 1 nitrogen and oxygen atoms in total. The number of hydrogen-bond donors (Lipinski definition) is 0. The molecule has 1 heteroatoms. The maximum atomic E-state index is 2.62. The maximum absolute atomic E-state index is 2.62. The molecule has 1 aliphatic rings. The Balaban J connectivity index is 1.98. The van der Waals surface area contributed by atoms with E-state index in [-0.39, 0.29) is 0 Å². The first-order valence-corrected chi connectivity index (χ1v) is 6.99. The number of nitrogens with zero attached hydrogens (tertiary/aromatic N) is 1. The summed E-state index contributed by atoms with van der Waals surface area (Å²) < 4.78 is 0. The van der Waals surface area contributed by atoms with Crippen LogP contribution >= 0.6 is 0 Å². The summed E-state index contributed by atoms with van der Waals surface area (Å²) in [5.41, 5.74) is 2.91. The molecular formula is C16H25N. The van der Waals surface area contributed by atoms with Crippen molar-refractivity contribution in [1.82, 2.24) is 4.90 Å². The van der Waals surface area contributed by atoms with E-state index in [9.17, 15) is 0 Å². The van der Waals surface area contributed by atoms with Gasteiger partial charge >= 0.3 is 0 Å². The van der Waals surface area contributed by atoms with Gasteiger partial charge in [0.2, 0.25) is 0 Å². The molecule has 0 N–H and O–H groups in total. The number of piperidine rings is 1. The fourth-order valence-electron chi connectivity index (χ4n) is 2.63. The van der Waals surface area contributed by atoms with Crippen molar-refractivity contribution in [2.24, 2.45) is 0 Å². The van der Waals surface area contributed by atoms with Crippen LogP contribution in [-0.4, -0.2) is 17.5 Å². The minimum Gasteiger partial charge on any atom is -0.296 e. The van der Waals surface area contributed by atoms with E-state index in [0.29, 0.717) is 5.92 Å². The summed E-state index contributed by atoms with van der Waals surface area (Å²) in [6.07, 6.45) is 4.14. The zero-order valence-electron chi connectivity index (χ0n) is 11.4. The van der Waals surface area contributed by atoms with E-state index in [1.807, 2.05) is 0 Å². The first-order chi connectivity index (χ1) is 8.16. The van der Waals surface area contributed by atoms with Crippen molar-refractivity contribution in [3.8, 4) is 0 Å². The molecule has 2 rings (SSSR count). The van der Waals surface area contributed by atoms with Crippen molar-refractivity contribution in [1.29, 1.82) is 0 Å². The second-order valence-corrected chi connectivity index (χ2v) is 5.71. The van der Waals surface area contributed by atoms with Crippen LogP contribution in [0.25, 0.3) is 0 Å². The van der Waals surface area contributed by atoms with E-state index in [2.05, 4.69) is 49.9 Å². The molecule has 1 saturated heterocycles. The van der Waals surface area contributed by atoms with Crippen molar-refractivity contribution in [2.45, 2.75) is 58.5 Å². The van der Waals surface area contributed by atoms with Crippen molar-refractivity contribution in [3.05, 3.63) is 35.4 Å². The minimum atomic E-state index is 0.637. The van der Waals surface area contributed by atoms with Gasteiger partial charge in [-0.3, -0.25) is 4.90 Å². The number of benzene rings is 1. The van der Waals surface area contributed by atoms with Crippen molar-refractivity contribution in [3.63, 3.8) is 0 Å². The molecule has 0 aliphatic carbocycles. The van der Waals surface area contributed by atoms with Gasteiger partial charge in [0.05, 0.1) is 0 Å². The Kier molecular flexibility index (Phi) is 4.22. The molecule has 1 atom stereocenters. The van der Waals surface area contributed by atoms with Crippen LogP contribution in [0.5, 0.6) is 0 Å². The summed E-state index contributed by atoms with van der Waals surface area (Å²) in [6.45, 7) is 9.26. The average molecular weight is 231 g/mol. The summed E-state index contributed by atoms with van der Waals surface area (Å²) in [4.78, 5) is 2.62. The normalized spacial score (nSPS) is 22.0. The first-order valence-electron chi connectivity index (χ1n) is 6.99. The lowest BCUT2D eigenvalue weighted by atomic mass is 10.00. The SMILES string of the molecule is CC(C)c1ccc(CN2CCCCC2C)cc1. The first kappa shape index (κ1) is 12.6. The monoisotopic (exact) mass is 231 g/mol. The molecular weight excluding hydrogens is 206 g/mol. The van der Waals surface area contributed by atoms with Gasteiger partial charge < -0.3 is 0 Å². The topological polar surface area (TPSA) is 3.24 Å². The van der Waals surface area contributed by atoms with Crippen LogP contribution in [0.15, 0.2) is 24.3 Å². The molecule has 0 aromatic heterocycles. The van der Waals surface area contributed by atoms with Crippen LogP contribution in [0.4, 0.5) is 0 Å². The van der Waals surface area contributed by atoms with Crippen LogP contribution in [-0.2, 0) is 6.54 Å². The highest BCUT2D eigenvalue weighted by Crippen LogP contribution is 2.20. The van der Waals surface area contributed by atoms with E-state index < -0.39 is 0 Å². The van der Waals surface area contributed by atoms with Crippen molar-refractivity contribution in [2.75, 3.05) is 6.54 Å². The van der Waals surface area contributed by atoms with Gasteiger partial charge in [-0.25, -0.2) is 0 Å².